The fraction of sp³-hybridized carbons (Fsp3) is 0.231. The number of hydrogen-bond acceptors (Lipinski definition) is 4. The first kappa shape index (κ1) is 21.4. The molecule has 0 bridgehead atoms. The van der Waals surface area contributed by atoms with Crippen LogP contribution >= 0.6 is 0 Å². The molecule has 1 N–H and O–H groups in total. The molecule has 0 fully saturated rings. The summed E-state index contributed by atoms with van der Waals surface area (Å²) in [6, 6.07) is 20.9. The Morgan fingerprint density at radius 1 is 1.00 bits per heavy atom. The van der Waals surface area contributed by atoms with E-state index in [1.807, 2.05) is 75.4 Å². The van der Waals surface area contributed by atoms with Gasteiger partial charge in [0, 0.05) is 22.6 Å². The highest BCUT2D eigenvalue weighted by Gasteiger charge is 2.24. The Kier molecular flexibility index (Phi) is 5.61. The molecule has 0 radical (unpaired) electrons. The summed E-state index contributed by atoms with van der Waals surface area (Å²) in [5, 5.41) is 13.7. The monoisotopic (exact) mass is 427 g/mol. The zero-order valence-electron chi connectivity index (χ0n) is 18.4. The third-order valence-corrected chi connectivity index (χ3v) is 5.60. The maximum Gasteiger partial charge on any atom is 0.304 e. The van der Waals surface area contributed by atoms with E-state index in [0.717, 1.165) is 22.5 Å². The summed E-state index contributed by atoms with van der Waals surface area (Å²) >= 11 is 0. The zero-order valence-corrected chi connectivity index (χ0v) is 18.4. The van der Waals surface area contributed by atoms with E-state index < -0.39 is 11.4 Å². The second-order valence-electron chi connectivity index (χ2n) is 8.69. The molecule has 6 nitrogen and oxygen atoms in total. The molecule has 162 valence electrons. The SMILES string of the molecule is Cc1cc2nc(CC(=O)c3ccc(C(C)(C)CC(=O)O)cc3)cc(-c3ccccc3)n2n1. The van der Waals surface area contributed by atoms with Gasteiger partial charge >= 0.3 is 5.97 Å². The average molecular weight is 428 g/mol. The molecule has 0 aliphatic heterocycles. The first-order valence-corrected chi connectivity index (χ1v) is 10.5. The van der Waals surface area contributed by atoms with Crippen molar-refractivity contribution in [1.29, 1.82) is 0 Å². The third kappa shape index (κ3) is 4.44. The van der Waals surface area contributed by atoms with Crippen LogP contribution in [0.4, 0.5) is 0 Å². The van der Waals surface area contributed by atoms with Gasteiger partial charge in [-0.1, -0.05) is 68.4 Å². The standard InChI is InChI=1S/C26H25N3O3/c1-17-13-24-27-21(14-22(29(24)28-17)18-7-5-4-6-8-18)15-23(30)19-9-11-20(12-10-19)26(2,3)16-25(31)32/h4-14H,15-16H2,1-3H3,(H,31,32). The van der Waals surface area contributed by atoms with Crippen LogP contribution in [0.3, 0.4) is 0 Å². The van der Waals surface area contributed by atoms with E-state index in [9.17, 15) is 9.59 Å². The molecule has 4 aromatic rings. The van der Waals surface area contributed by atoms with E-state index in [0.29, 0.717) is 16.9 Å². The number of rotatable bonds is 7. The number of benzene rings is 2. The Balaban J connectivity index is 1.62. The Morgan fingerprint density at radius 2 is 1.69 bits per heavy atom. The lowest BCUT2D eigenvalue weighted by atomic mass is 9.81. The van der Waals surface area contributed by atoms with Crippen molar-refractivity contribution < 1.29 is 14.7 Å². The van der Waals surface area contributed by atoms with E-state index in [1.54, 1.807) is 16.6 Å². The van der Waals surface area contributed by atoms with Crippen LogP contribution in [0.15, 0.2) is 66.7 Å². The summed E-state index contributed by atoms with van der Waals surface area (Å²) < 4.78 is 1.80. The Morgan fingerprint density at radius 3 is 2.34 bits per heavy atom. The summed E-state index contributed by atoms with van der Waals surface area (Å²) in [6.45, 7) is 5.69. The van der Waals surface area contributed by atoms with Crippen molar-refractivity contribution in [2.45, 2.75) is 39.0 Å². The number of carbonyl (C=O) groups is 2. The number of nitrogens with zero attached hydrogens (tertiary/aromatic N) is 3. The summed E-state index contributed by atoms with van der Waals surface area (Å²) in [4.78, 5) is 28.8. The average Bonchev–Trinajstić information content (AvgIpc) is 3.13. The first-order chi connectivity index (χ1) is 15.2. The molecule has 0 saturated carbocycles. The van der Waals surface area contributed by atoms with Gasteiger partial charge in [-0.2, -0.15) is 5.10 Å². The lowest BCUT2D eigenvalue weighted by Crippen LogP contribution is -2.21. The molecule has 4 rings (SSSR count). The van der Waals surface area contributed by atoms with Gasteiger partial charge in [0.1, 0.15) is 0 Å². The summed E-state index contributed by atoms with van der Waals surface area (Å²) in [5.41, 5.74) is 5.08. The lowest BCUT2D eigenvalue weighted by molar-refractivity contribution is -0.138. The molecule has 0 saturated heterocycles. The van der Waals surface area contributed by atoms with Crippen molar-refractivity contribution in [2.24, 2.45) is 0 Å². The van der Waals surface area contributed by atoms with Crippen LogP contribution < -0.4 is 0 Å². The number of hydrogen-bond donors (Lipinski definition) is 1. The molecule has 0 atom stereocenters. The van der Waals surface area contributed by atoms with Gasteiger partial charge in [0.25, 0.3) is 0 Å². The Hall–Kier alpha value is -3.80. The zero-order chi connectivity index (χ0) is 22.9. The minimum absolute atomic E-state index is 0.0251. The van der Waals surface area contributed by atoms with E-state index >= 15 is 0 Å². The number of aromatic nitrogens is 3. The number of fused-ring (bicyclic) bond motifs is 1. The van der Waals surface area contributed by atoms with Crippen molar-refractivity contribution in [2.75, 3.05) is 0 Å². The highest BCUT2D eigenvalue weighted by atomic mass is 16.4. The molecule has 2 aromatic carbocycles. The second kappa shape index (κ2) is 8.38. The summed E-state index contributed by atoms with van der Waals surface area (Å²) in [5.74, 6) is -0.888. The number of ketones is 1. The molecule has 0 amide bonds. The van der Waals surface area contributed by atoms with Gasteiger partial charge in [0.05, 0.1) is 29.9 Å². The van der Waals surface area contributed by atoms with Crippen LogP contribution in [-0.2, 0) is 16.6 Å². The van der Waals surface area contributed by atoms with Gasteiger partial charge in [-0.05, 0) is 18.6 Å². The van der Waals surface area contributed by atoms with Crippen LogP contribution in [0.2, 0.25) is 0 Å². The lowest BCUT2D eigenvalue weighted by Gasteiger charge is -2.23. The van der Waals surface area contributed by atoms with Crippen molar-refractivity contribution >= 4 is 17.4 Å². The predicted molar refractivity (Wildman–Crippen MR) is 123 cm³/mol. The quantitative estimate of drug-likeness (QED) is 0.425. The summed E-state index contributed by atoms with van der Waals surface area (Å²) in [6.07, 6.45) is 0.190. The fourth-order valence-corrected chi connectivity index (χ4v) is 3.90. The van der Waals surface area contributed by atoms with Gasteiger partial charge in [-0.15, -0.1) is 0 Å². The van der Waals surface area contributed by atoms with Gasteiger partial charge in [0.15, 0.2) is 11.4 Å². The van der Waals surface area contributed by atoms with E-state index in [1.165, 1.54) is 0 Å². The van der Waals surface area contributed by atoms with E-state index in [4.69, 9.17) is 5.11 Å². The molecule has 0 unspecified atom stereocenters. The molecule has 32 heavy (non-hydrogen) atoms. The Labute approximate surface area is 186 Å². The van der Waals surface area contributed by atoms with Gasteiger partial charge < -0.3 is 5.11 Å². The topological polar surface area (TPSA) is 84.6 Å². The molecule has 0 aliphatic carbocycles. The van der Waals surface area contributed by atoms with Crippen LogP contribution in [0.5, 0.6) is 0 Å². The minimum Gasteiger partial charge on any atom is -0.481 e. The predicted octanol–water partition coefficient (Wildman–Crippen LogP) is 4.88. The van der Waals surface area contributed by atoms with Crippen molar-refractivity contribution in [3.63, 3.8) is 0 Å². The highest BCUT2D eigenvalue weighted by Crippen LogP contribution is 2.28. The largest absolute Gasteiger partial charge is 0.481 e. The number of Topliss-reactive ketones (excluding diaryl/α,β-unsaturated/α-hetero) is 1. The molecule has 2 aromatic heterocycles. The Bertz CT molecular complexity index is 1290. The molecule has 0 aliphatic rings. The number of aliphatic carboxylic acids is 1. The van der Waals surface area contributed by atoms with Gasteiger partial charge in [0.2, 0.25) is 0 Å². The number of aryl methyl sites for hydroxylation is 1. The van der Waals surface area contributed by atoms with Crippen LogP contribution in [-0.4, -0.2) is 31.5 Å². The van der Waals surface area contributed by atoms with Crippen molar-refractivity contribution in [1.82, 2.24) is 14.6 Å². The second-order valence-corrected chi connectivity index (χ2v) is 8.69. The van der Waals surface area contributed by atoms with E-state index in [2.05, 4.69) is 10.1 Å². The van der Waals surface area contributed by atoms with E-state index in [-0.39, 0.29) is 18.6 Å². The van der Waals surface area contributed by atoms with Gasteiger partial charge in [-0.25, -0.2) is 9.50 Å². The molecule has 0 spiro atoms. The smallest absolute Gasteiger partial charge is 0.304 e. The minimum atomic E-state index is -0.846. The third-order valence-electron chi connectivity index (χ3n) is 5.60. The van der Waals surface area contributed by atoms with Crippen LogP contribution in [0.25, 0.3) is 16.9 Å². The van der Waals surface area contributed by atoms with Crippen molar-refractivity contribution in [3.05, 3.63) is 89.2 Å². The molecular formula is C26H25N3O3. The van der Waals surface area contributed by atoms with Crippen molar-refractivity contribution in [3.8, 4) is 11.3 Å². The van der Waals surface area contributed by atoms with Crippen LogP contribution in [0, 0.1) is 6.92 Å². The summed E-state index contributed by atoms with van der Waals surface area (Å²) in [7, 11) is 0. The normalized spacial score (nSPS) is 11.6. The molecular weight excluding hydrogens is 402 g/mol. The fourth-order valence-electron chi connectivity index (χ4n) is 3.90. The first-order valence-electron chi connectivity index (χ1n) is 10.5. The molecule has 2 heterocycles. The maximum atomic E-state index is 13.0. The maximum absolute atomic E-state index is 13.0. The number of carboxylic acid groups (broad SMARTS) is 1. The number of carbonyl (C=O) groups excluding carboxylic acids is 1. The van der Waals surface area contributed by atoms with Gasteiger partial charge in [-0.3, -0.25) is 9.59 Å². The number of carboxylic acids is 1. The van der Waals surface area contributed by atoms with Crippen LogP contribution in [0.1, 0.15) is 47.6 Å². The molecule has 6 heteroatoms. The highest BCUT2D eigenvalue weighted by molar-refractivity contribution is 5.97.